The van der Waals surface area contributed by atoms with Gasteiger partial charge < -0.3 is 9.80 Å². The van der Waals surface area contributed by atoms with Crippen LogP contribution >= 0.6 is 0 Å². The number of fused-ring (bicyclic) bond motifs is 1. The van der Waals surface area contributed by atoms with Crippen LogP contribution in [-0.4, -0.2) is 59.9 Å². The van der Waals surface area contributed by atoms with Crippen LogP contribution in [0.1, 0.15) is 26.2 Å². The molecule has 0 aliphatic carbocycles. The number of pyridine rings is 1. The number of carbonyl (C=O) groups is 1. The van der Waals surface area contributed by atoms with E-state index in [1.165, 1.54) is 17.3 Å². The molecule has 4 rings (SSSR count). The number of alkyl halides is 3. The number of hydrogen-bond acceptors (Lipinski definition) is 6. The van der Waals surface area contributed by atoms with Crippen molar-refractivity contribution in [2.75, 3.05) is 52.7 Å². The second-order valence-corrected chi connectivity index (χ2v) is 7.93. The van der Waals surface area contributed by atoms with Crippen molar-refractivity contribution in [3.8, 4) is 0 Å². The molecule has 0 bridgehead atoms. The maximum absolute atomic E-state index is 13.3. The molecule has 8 nitrogen and oxygen atoms in total. The highest BCUT2D eigenvalue weighted by Gasteiger charge is 2.42. The third-order valence-corrected chi connectivity index (χ3v) is 5.87. The highest BCUT2D eigenvalue weighted by Crippen LogP contribution is 2.37. The van der Waals surface area contributed by atoms with Gasteiger partial charge in [0.25, 0.3) is 0 Å². The van der Waals surface area contributed by atoms with Crippen molar-refractivity contribution < 1.29 is 18.0 Å². The highest BCUT2D eigenvalue weighted by molar-refractivity contribution is 6.02. The standard InChI is InChI=1S/C21H26F3N7O/c1-2-29-12-5-13-31(20(32)28-19-25-9-4-10-26-19)18-16(29)7-8-17(27-18)30-11-3-6-15(14-30)21(22,23)24/h4,7-10,15H,2-3,5-6,11-14H2,1H3,(H,25,26,28,32). The number of amides is 2. The predicted molar refractivity (Wildman–Crippen MR) is 116 cm³/mol. The normalized spacial score (nSPS) is 19.4. The van der Waals surface area contributed by atoms with E-state index < -0.39 is 18.1 Å². The van der Waals surface area contributed by atoms with E-state index in [9.17, 15) is 18.0 Å². The van der Waals surface area contributed by atoms with E-state index in [0.29, 0.717) is 31.1 Å². The minimum atomic E-state index is -4.23. The van der Waals surface area contributed by atoms with Crippen molar-refractivity contribution in [3.63, 3.8) is 0 Å². The molecule has 1 unspecified atom stereocenters. The maximum atomic E-state index is 13.3. The molecule has 2 amide bonds. The Morgan fingerprint density at radius 2 is 1.94 bits per heavy atom. The molecule has 0 saturated carbocycles. The summed E-state index contributed by atoms with van der Waals surface area (Å²) in [5.41, 5.74) is 0.780. The molecule has 32 heavy (non-hydrogen) atoms. The molecular weight excluding hydrogens is 423 g/mol. The van der Waals surface area contributed by atoms with Crippen molar-refractivity contribution >= 4 is 29.3 Å². The summed E-state index contributed by atoms with van der Waals surface area (Å²) >= 11 is 0. The number of piperidine rings is 1. The van der Waals surface area contributed by atoms with Crippen molar-refractivity contribution in [1.82, 2.24) is 15.0 Å². The molecule has 2 aromatic rings. The van der Waals surface area contributed by atoms with E-state index in [-0.39, 0.29) is 18.9 Å². The van der Waals surface area contributed by atoms with Crippen LogP contribution in [0.15, 0.2) is 30.6 Å². The lowest BCUT2D eigenvalue weighted by Gasteiger charge is -2.35. The summed E-state index contributed by atoms with van der Waals surface area (Å²) in [7, 11) is 0. The fraction of sp³-hybridized carbons (Fsp3) is 0.524. The van der Waals surface area contributed by atoms with Gasteiger partial charge in [-0.25, -0.2) is 19.7 Å². The van der Waals surface area contributed by atoms with Crippen LogP contribution in [0.4, 0.5) is 41.2 Å². The average Bonchev–Trinajstić information content (AvgIpc) is 2.98. The van der Waals surface area contributed by atoms with Crippen molar-refractivity contribution in [3.05, 3.63) is 30.6 Å². The number of halogens is 3. The molecule has 0 spiro atoms. The van der Waals surface area contributed by atoms with Crippen molar-refractivity contribution in [2.24, 2.45) is 5.92 Å². The fourth-order valence-corrected chi connectivity index (χ4v) is 4.20. The second-order valence-electron chi connectivity index (χ2n) is 7.93. The lowest BCUT2D eigenvalue weighted by molar-refractivity contribution is -0.176. The summed E-state index contributed by atoms with van der Waals surface area (Å²) in [5, 5.41) is 2.68. The topological polar surface area (TPSA) is 77.5 Å². The van der Waals surface area contributed by atoms with Gasteiger partial charge in [-0.3, -0.25) is 10.2 Å². The lowest BCUT2D eigenvalue weighted by Crippen LogP contribution is -2.42. The van der Waals surface area contributed by atoms with Gasteiger partial charge in [0.05, 0.1) is 11.6 Å². The summed E-state index contributed by atoms with van der Waals surface area (Å²) in [5.74, 6) is -0.316. The Labute approximate surface area is 184 Å². The fourth-order valence-electron chi connectivity index (χ4n) is 4.20. The number of anilines is 4. The zero-order chi connectivity index (χ0) is 22.7. The van der Waals surface area contributed by atoms with Crippen LogP contribution in [0.2, 0.25) is 0 Å². The molecule has 172 valence electrons. The highest BCUT2D eigenvalue weighted by atomic mass is 19.4. The largest absolute Gasteiger partial charge is 0.393 e. The van der Waals surface area contributed by atoms with Gasteiger partial charge >= 0.3 is 12.2 Å². The Hall–Kier alpha value is -3.11. The van der Waals surface area contributed by atoms with Crippen LogP contribution < -0.4 is 20.0 Å². The third-order valence-electron chi connectivity index (χ3n) is 5.87. The van der Waals surface area contributed by atoms with E-state index in [4.69, 9.17) is 4.98 Å². The first-order valence-electron chi connectivity index (χ1n) is 10.8. The van der Waals surface area contributed by atoms with Gasteiger partial charge in [-0.2, -0.15) is 13.2 Å². The van der Waals surface area contributed by atoms with Crippen LogP contribution in [0, 0.1) is 5.92 Å². The molecule has 1 N–H and O–H groups in total. The van der Waals surface area contributed by atoms with Gasteiger partial charge in [0.1, 0.15) is 5.82 Å². The minimum absolute atomic E-state index is 0.125. The molecule has 2 aliphatic heterocycles. The molecule has 2 aromatic heterocycles. The van der Waals surface area contributed by atoms with Gasteiger partial charge in [0.15, 0.2) is 5.82 Å². The van der Waals surface area contributed by atoms with E-state index in [1.807, 2.05) is 13.0 Å². The van der Waals surface area contributed by atoms with Gasteiger partial charge in [-0.1, -0.05) is 0 Å². The van der Waals surface area contributed by atoms with Crippen LogP contribution in [0.25, 0.3) is 0 Å². The number of rotatable bonds is 3. The maximum Gasteiger partial charge on any atom is 0.393 e. The Bertz CT molecular complexity index is 941. The van der Waals surface area contributed by atoms with E-state index in [0.717, 1.165) is 25.2 Å². The Morgan fingerprint density at radius 1 is 1.16 bits per heavy atom. The Kier molecular flexibility index (Phi) is 6.33. The van der Waals surface area contributed by atoms with Gasteiger partial charge in [0, 0.05) is 45.1 Å². The summed E-state index contributed by atoms with van der Waals surface area (Å²) in [4.78, 5) is 31.1. The molecule has 1 atom stereocenters. The molecule has 0 radical (unpaired) electrons. The molecule has 1 fully saturated rings. The predicted octanol–water partition coefficient (Wildman–Crippen LogP) is 3.92. The zero-order valence-electron chi connectivity index (χ0n) is 17.8. The van der Waals surface area contributed by atoms with Crippen molar-refractivity contribution in [1.29, 1.82) is 0 Å². The first-order valence-corrected chi connectivity index (χ1v) is 10.8. The number of urea groups is 1. The molecule has 2 aliphatic rings. The van der Waals surface area contributed by atoms with Gasteiger partial charge in [-0.15, -0.1) is 0 Å². The quantitative estimate of drug-likeness (QED) is 0.766. The van der Waals surface area contributed by atoms with Gasteiger partial charge in [-0.05, 0) is 44.4 Å². The molecule has 11 heteroatoms. The van der Waals surface area contributed by atoms with Crippen LogP contribution in [0.3, 0.4) is 0 Å². The average molecular weight is 449 g/mol. The monoisotopic (exact) mass is 449 g/mol. The van der Waals surface area contributed by atoms with E-state index in [1.54, 1.807) is 17.0 Å². The summed E-state index contributed by atoms with van der Waals surface area (Å²) < 4.78 is 39.9. The lowest BCUT2D eigenvalue weighted by atomic mass is 9.97. The smallest absolute Gasteiger partial charge is 0.369 e. The SMILES string of the molecule is CCN1CCCN(C(=O)Nc2ncccn2)c2nc(N3CCCC(C(F)(F)F)C3)ccc21. The zero-order valence-corrected chi connectivity index (χ0v) is 17.8. The molecular formula is C21H26F3N7O. The van der Waals surface area contributed by atoms with Crippen LogP contribution in [-0.2, 0) is 0 Å². The molecule has 1 saturated heterocycles. The first-order chi connectivity index (χ1) is 15.4. The molecule has 4 heterocycles. The third kappa shape index (κ3) is 4.71. The summed E-state index contributed by atoms with van der Waals surface area (Å²) in [6.07, 6.45) is 0.121. The number of hydrogen-bond donors (Lipinski definition) is 1. The first kappa shape index (κ1) is 22.1. The van der Waals surface area contributed by atoms with E-state index in [2.05, 4.69) is 20.2 Å². The Balaban J connectivity index is 1.65. The second kappa shape index (κ2) is 9.17. The van der Waals surface area contributed by atoms with E-state index >= 15 is 0 Å². The number of aromatic nitrogens is 3. The Morgan fingerprint density at radius 3 is 2.66 bits per heavy atom. The van der Waals surface area contributed by atoms with Crippen molar-refractivity contribution in [2.45, 2.75) is 32.4 Å². The number of nitrogens with one attached hydrogen (secondary N) is 1. The summed E-state index contributed by atoms with van der Waals surface area (Å²) in [6, 6.07) is 4.83. The summed E-state index contributed by atoms with van der Waals surface area (Å²) in [6.45, 7) is 4.28. The van der Waals surface area contributed by atoms with Crippen LogP contribution in [0.5, 0.6) is 0 Å². The number of nitrogens with zero attached hydrogens (tertiary/aromatic N) is 6. The van der Waals surface area contributed by atoms with Gasteiger partial charge in [0.2, 0.25) is 5.95 Å². The minimum Gasteiger partial charge on any atom is -0.369 e. The molecule has 0 aromatic carbocycles. The number of carbonyl (C=O) groups excluding carboxylic acids is 1.